The number of rotatable bonds is 7. The summed E-state index contributed by atoms with van der Waals surface area (Å²) in [6.07, 6.45) is 0. The number of nitrogens with two attached hydrogens (primary N) is 1. The van der Waals surface area contributed by atoms with Gasteiger partial charge in [0.1, 0.15) is 0 Å². The van der Waals surface area contributed by atoms with Gasteiger partial charge in [-0.3, -0.25) is 0 Å². The minimum absolute atomic E-state index is 0.138. The van der Waals surface area contributed by atoms with Gasteiger partial charge in [-0.25, -0.2) is 13.1 Å². The smallest absolute Gasteiger partial charge is 0.241 e. The van der Waals surface area contributed by atoms with Gasteiger partial charge in [0, 0.05) is 23.3 Å². The van der Waals surface area contributed by atoms with E-state index in [1.54, 1.807) is 13.0 Å². The molecule has 0 aromatic heterocycles. The van der Waals surface area contributed by atoms with E-state index in [1.807, 2.05) is 20.8 Å². The van der Waals surface area contributed by atoms with E-state index in [-0.39, 0.29) is 10.9 Å². The molecular weight excluding hydrogens is 310 g/mol. The van der Waals surface area contributed by atoms with Crippen molar-refractivity contribution in [1.82, 2.24) is 9.62 Å². The highest BCUT2D eigenvalue weighted by molar-refractivity contribution is 7.89. The first-order valence-corrected chi connectivity index (χ1v) is 8.87. The van der Waals surface area contributed by atoms with Crippen molar-refractivity contribution < 1.29 is 8.42 Å². The topological polar surface area (TPSA) is 75.4 Å². The van der Waals surface area contributed by atoms with Crippen molar-refractivity contribution >= 4 is 27.3 Å². The maximum absolute atomic E-state index is 12.5. The van der Waals surface area contributed by atoms with Crippen LogP contribution < -0.4 is 10.5 Å². The Kier molecular flexibility index (Phi) is 6.46. The van der Waals surface area contributed by atoms with Crippen LogP contribution in [0.25, 0.3) is 0 Å². The number of halogens is 1. The predicted octanol–water partition coefficient (Wildman–Crippen LogP) is 2.24. The molecule has 0 saturated carbocycles. The quantitative estimate of drug-likeness (QED) is 0.750. The molecule has 1 rings (SSSR count). The molecule has 0 heterocycles. The third-order valence-electron chi connectivity index (χ3n) is 3.44. The Morgan fingerprint density at radius 2 is 1.90 bits per heavy atom. The van der Waals surface area contributed by atoms with Gasteiger partial charge in [0.15, 0.2) is 0 Å². The molecule has 1 atom stereocenters. The third kappa shape index (κ3) is 4.85. The normalized spacial score (nSPS) is 13.6. The van der Waals surface area contributed by atoms with Gasteiger partial charge in [0.25, 0.3) is 0 Å². The molecule has 7 heteroatoms. The number of sulfonamides is 1. The van der Waals surface area contributed by atoms with Crippen molar-refractivity contribution in [2.24, 2.45) is 0 Å². The Morgan fingerprint density at radius 1 is 1.33 bits per heavy atom. The lowest BCUT2D eigenvalue weighted by molar-refractivity contribution is 0.282. The van der Waals surface area contributed by atoms with Gasteiger partial charge in [-0.15, -0.1) is 0 Å². The van der Waals surface area contributed by atoms with Crippen LogP contribution in [0.5, 0.6) is 0 Å². The van der Waals surface area contributed by atoms with E-state index >= 15 is 0 Å². The molecule has 0 radical (unpaired) electrons. The number of hydrogen-bond donors (Lipinski definition) is 2. The average Bonchev–Trinajstić information content (AvgIpc) is 2.39. The summed E-state index contributed by atoms with van der Waals surface area (Å²) in [5.74, 6) is 0. The molecule has 120 valence electrons. The molecule has 21 heavy (non-hydrogen) atoms. The number of likely N-dealkylation sites (N-methyl/N-ethyl adjacent to an activating group) is 1. The molecule has 1 aromatic rings. The molecular formula is C14H24ClN3O2S. The van der Waals surface area contributed by atoms with Gasteiger partial charge >= 0.3 is 0 Å². The lowest BCUT2D eigenvalue weighted by Gasteiger charge is -2.23. The molecule has 1 aromatic carbocycles. The van der Waals surface area contributed by atoms with Gasteiger partial charge < -0.3 is 10.6 Å². The second kappa shape index (κ2) is 7.45. The van der Waals surface area contributed by atoms with E-state index in [0.29, 0.717) is 22.8 Å². The lowest BCUT2D eigenvalue weighted by Crippen LogP contribution is -2.42. The molecule has 0 saturated heterocycles. The van der Waals surface area contributed by atoms with Crippen molar-refractivity contribution in [3.05, 3.63) is 22.7 Å². The maximum Gasteiger partial charge on any atom is 0.241 e. The number of hydrogen-bond acceptors (Lipinski definition) is 4. The van der Waals surface area contributed by atoms with Crippen molar-refractivity contribution in [1.29, 1.82) is 0 Å². The Balaban J connectivity index is 2.97. The highest BCUT2D eigenvalue weighted by Crippen LogP contribution is 2.26. The van der Waals surface area contributed by atoms with Crippen LogP contribution in [0.15, 0.2) is 17.0 Å². The second-order valence-electron chi connectivity index (χ2n) is 5.13. The van der Waals surface area contributed by atoms with Crippen molar-refractivity contribution in [2.45, 2.75) is 38.6 Å². The number of nitrogen functional groups attached to an aromatic ring is 1. The molecule has 3 N–H and O–H groups in total. The molecule has 1 unspecified atom stereocenters. The van der Waals surface area contributed by atoms with E-state index in [1.165, 1.54) is 6.07 Å². The number of nitrogens with one attached hydrogen (secondary N) is 1. The zero-order chi connectivity index (χ0) is 16.2. The minimum Gasteiger partial charge on any atom is -0.398 e. The van der Waals surface area contributed by atoms with Crippen molar-refractivity contribution in [2.75, 3.05) is 25.4 Å². The summed E-state index contributed by atoms with van der Waals surface area (Å²) in [5, 5.41) is 0.315. The monoisotopic (exact) mass is 333 g/mol. The first-order valence-electron chi connectivity index (χ1n) is 7.01. The summed E-state index contributed by atoms with van der Waals surface area (Å²) in [6, 6.07) is 2.78. The maximum atomic E-state index is 12.5. The minimum atomic E-state index is -3.64. The Morgan fingerprint density at radius 3 is 2.43 bits per heavy atom. The standard InChI is InChI=1S/C14H24ClN3O2S/c1-5-18(6-2)9-10(3)17-21(19,20)14-8-12(15)7-13(16)11(14)4/h7-8,10,17H,5-6,9,16H2,1-4H3. The summed E-state index contributed by atoms with van der Waals surface area (Å²) in [4.78, 5) is 2.30. The molecule has 0 spiro atoms. The van der Waals surface area contributed by atoms with Gasteiger partial charge in [-0.05, 0) is 44.6 Å². The molecule has 0 aliphatic heterocycles. The average molecular weight is 334 g/mol. The van der Waals surface area contributed by atoms with Crippen LogP contribution in [-0.4, -0.2) is 39.0 Å². The molecule has 0 fully saturated rings. The second-order valence-corrected chi connectivity index (χ2v) is 7.25. The van der Waals surface area contributed by atoms with E-state index in [9.17, 15) is 8.42 Å². The zero-order valence-electron chi connectivity index (χ0n) is 13.0. The van der Waals surface area contributed by atoms with Crippen molar-refractivity contribution in [3.8, 4) is 0 Å². The van der Waals surface area contributed by atoms with Crippen LogP contribution in [0.3, 0.4) is 0 Å². The Labute approximate surface area is 132 Å². The third-order valence-corrected chi connectivity index (χ3v) is 5.37. The van der Waals surface area contributed by atoms with E-state index < -0.39 is 10.0 Å². The summed E-state index contributed by atoms with van der Waals surface area (Å²) < 4.78 is 27.6. The van der Waals surface area contributed by atoms with Gasteiger partial charge in [0.2, 0.25) is 10.0 Å². The summed E-state index contributed by atoms with van der Waals surface area (Å²) in [5.41, 5.74) is 6.68. The van der Waals surface area contributed by atoms with Crippen LogP contribution in [0.1, 0.15) is 26.3 Å². The molecule has 0 aliphatic rings. The summed E-state index contributed by atoms with van der Waals surface area (Å²) in [6.45, 7) is 10.0. The number of nitrogens with zero attached hydrogens (tertiary/aromatic N) is 1. The van der Waals surface area contributed by atoms with E-state index in [0.717, 1.165) is 13.1 Å². The summed E-state index contributed by atoms with van der Waals surface area (Å²) in [7, 11) is -3.64. The Bertz CT molecular complexity index is 586. The molecule has 0 aliphatic carbocycles. The first kappa shape index (κ1) is 18.2. The zero-order valence-corrected chi connectivity index (χ0v) is 14.6. The fourth-order valence-electron chi connectivity index (χ4n) is 2.19. The molecule has 5 nitrogen and oxygen atoms in total. The van der Waals surface area contributed by atoms with Gasteiger partial charge in [0.05, 0.1) is 4.90 Å². The number of benzene rings is 1. The van der Waals surface area contributed by atoms with Gasteiger partial charge in [-0.1, -0.05) is 25.4 Å². The number of anilines is 1. The van der Waals surface area contributed by atoms with E-state index in [2.05, 4.69) is 9.62 Å². The highest BCUT2D eigenvalue weighted by atomic mass is 35.5. The SMILES string of the molecule is CCN(CC)CC(C)NS(=O)(=O)c1cc(Cl)cc(N)c1C. The van der Waals surface area contributed by atoms with Gasteiger partial charge in [-0.2, -0.15) is 0 Å². The highest BCUT2D eigenvalue weighted by Gasteiger charge is 2.22. The first-order chi connectivity index (χ1) is 9.71. The Hall–Kier alpha value is -0.820. The van der Waals surface area contributed by atoms with E-state index in [4.69, 9.17) is 17.3 Å². The lowest BCUT2D eigenvalue weighted by atomic mass is 10.2. The fourth-order valence-corrected chi connectivity index (χ4v) is 4.01. The predicted molar refractivity (Wildman–Crippen MR) is 88.2 cm³/mol. The fraction of sp³-hybridized carbons (Fsp3) is 0.571. The largest absolute Gasteiger partial charge is 0.398 e. The van der Waals surface area contributed by atoms with Crippen LogP contribution >= 0.6 is 11.6 Å². The van der Waals surface area contributed by atoms with Crippen LogP contribution in [-0.2, 0) is 10.0 Å². The van der Waals surface area contributed by atoms with Crippen LogP contribution in [0, 0.1) is 6.92 Å². The summed E-state index contributed by atoms with van der Waals surface area (Å²) >= 11 is 5.91. The van der Waals surface area contributed by atoms with Crippen LogP contribution in [0.4, 0.5) is 5.69 Å². The van der Waals surface area contributed by atoms with Crippen molar-refractivity contribution in [3.63, 3.8) is 0 Å². The molecule has 0 amide bonds. The molecule has 0 bridgehead atoms. The van der Waals surface area contributed by atoms with Crippen LogP contribution in [0.2, 0.25) is 5.02 Å².